The molecule has 0 saturated heterocycles. The molecule has 1 N–H and O–H groups in total. The van der Waals surface area contributed by atoms with Gasteiger partial charge in [0, 0.05) is 6.42 Å². The Hall–Kier alpha value is -0.730. The lowest BCUT2D eigenvalue weighted by atomic mass is 10.3. The van der Waals surface area contributed by atoms with Crippen molar-refractivity contribution in [2.24, 2.45) is 0 Å². The molecule has 3 heteroatoms. The first kappa shape index (κ1) is 6.39. The number of aliphatic hydroxyl groups is 1. The van der Waals surface area contributed by atoms with E-state index in [1.165, 1.54) is 0 Å². The van der Waals surface area contributed by atoms with Crippen LogP contribution in [0.1, 0.15) is 6.42 Å². The van der Waals surface area contributed by atoms with E-state index in [0.29, 0.717) is 6.02 Å². The van der Waals surface area contributed by atoms with Gasteiger partial charge in [0.05, 0.1) is 27.2 Å². The van der Waals surface area contributed by atoms with Crippen molar-refractivity contribution >= 4 is 6.02 Å². The topological polar surface area (TPSA) is 26.5 Å². The van der Waals surface area contributed by atoms with Gasteiger partial charge in [0.25, 0.3) is 0 Å². The van der Waals surface area contributed by atoms with Gasteiger partial charge < -0.3 is 5.11 Å². The van der Waals surface area contributed by atoms with E-state index >= 15 is 0 Å². The molecular formula is C6H13N2O+. The van der Waals surface area contributed by atoms with Crippen LogP contribution in [0.5, 0.6) is 0 Å². The Balaban J connectivity index is 2.72. The van der Waals surface area contributed by atoms with E-state index in [0.717, 1.165) is 19.5 Å². The van der Waals surface area contributed by atoms with Gasteiger partial charge in [0.1, 0.15) is 0 Å². The molecule has 0 spiro atoms. The van der Waals surface area contributed by atoms with Gasteiger partial charge in [-0.1, -0.05) is 0 Å². The van der Waals surface area contributed by atoms with Gasteiger partial charge in [-0.2, -0.15) is 0 Å². The quantitative estimate of drug-likeness (QED) is 0.461. The molecule has 0 atom stereocenters. The van der Waals surface area contributed by atoms with Gasteiger partial charge in [-0.25, -0.2) is 9.48 Å². The zero-order chi connectivity index (χ0) is 6.85. The molecule has 0 radical (unpaired) electrons. The van der Waals surface area contributed by atoms with Crippen LogP contribution in [0, 0.1) is 0 Å². The summed E-state index contributed by atoms with van der Waals surface area (Å²) in [5.41, 5.74) is 0. The van der Waals surface area contributed by atoms with Crippen LogP contribution in [0.2, 0.25) is 0 Å². The minimum absolute atomic E-state index is 0.390. The predicted octanol–water partition coefficient (Wildman–Crippen LogP) is -0.122. The molecule has 9 heavy (non-hydrogen) atoms. The Labute approximate surface area is 55.2 Å². The van der Waals surface area contributed by atoms with Gasteiger partial charge in [-0.3, -0.25) is 0 Å². The van der Waals surface area contributed by atoms with Crippen molar-refractivity contribution in [3.05, 3.63) is 0 Å². The summed E-state index contributed by atoms with van der Waals surface area (Å²) in [6.45, 7) is 1.94. The monoisotopic (exact) mass is 129 g/mol. The summed E-state index contributed by atoms with van der Waals surface area (Å²) < 4.78 is 1.85. The smallest absolute Gasteiger partial charge is 0.443 e. The van der Waals surface area contributed by atoms with Crippen molar-refractivity contribution in [1.29, 1.82) is 0 Å². The lowest BCUT2D eigenvalue weighted by Crippen LogP contribution is -2.40. The number of nitrogens with zero attached hydrogens (tertiary/aromatic N) is 2. The second kappa shape index (κ2) is 2.25. The molecule has 0 amide bonds. The highest BCUT2D eigenvalue weighted by molar-refractivity contribution is 5.65. The van der Waals surface area contributed by atoms with Crippen molar-refractivity contribution < 1.29 is 9.68 Å². The van der Waals surface area contributed by atoms with Crippen LogP contribution in [-0.4, -0.2) is 47.8 Å². The maximum atomic E-state index is 9.21. The summed E-state index contributed by atoms with van der Waals surface area (Å²) in [5.74, 6) is 0. The van der Waals surface area contributed by atoms with E-state index in [4.69, 9.17) is 0 Å². The highest BCUT2D eigenvalue weighted by atomic mass is 16.3. The van der Waals surface area contributed by atoms with Crippen LogP contribution in [-0.2, 0) is 0 Å². The molecular weight excluding hydrogens is 116 g/mol. The van der Waals surface area contributed by atoms with E-state index in [1.54, 1.807) is 0 Å². The van der Waals surface area contributed by atoms with Crippen molar-refractivity contribution in [1.82, 2.24) is 4.90 Å². The standard InChI is InChI=1S/C6H12N2O/c1-7-4-3-5-8(2)6(7)9/h3-5H2,1-2H3/p+1. The third kappa shape index (κ3) is 1.15. The van der Waals surface area contributed by atoms with Crippen molar-refractivity contribution in [2.45, 2.75) is 6.42 Å². The number of hydrogen-bond acceptors (Lipinski definition) is 1. The third-order valence-corrected chi connectivity index (χ3v) is 1.67. The molecule has 0 bridgehead atoms. The molecule has 0 unspecified atom stereocenters. The fraction of sp³-hybridized carbons (Fsp3) is 0.833. The third-order valence-electron chi connectivity index (χ3n) is 1.67. The summed E-state index contributed by atoms with van der Waals surface area (Å²) in [4.78, 5) is 1.85. The van der Waals surface area contributed by atoms with Crippen molar-refractivity contribution in [3.63, 3.8) is 0 Å². The van der Waals surface area contributed by atoms with E-state index in [2.05, 4.69) is 0 Å². The minimum atomic E-state index is 0.390. The maximum absolute atomic E-state index is 9.21. The Kier molecular flexibility index (Phi) is 1.60. The Bertz CT molecular complexity index is 142. The Morgan fingerprint density at radius 1 is 1.67 bits per heavy atom. The summed E-state index contributed by atoms with van der Waals surface area (Å²) in [5, 5.41) is 9.21. The van der Waals surface area contributed by atoms with Crippen LogP contribution in [0.3, 0.4) is 0 Å². The number of aliphatic hydroxyl groups excluding tert-OH is 1. The first-order valence-electron chi connectivity index (χ1n) is 3.20. The molecule has 0 aliphatic carbocycles. The molecule has 1 aliphatic rings. The van der Waals surface area contributed by atoms with Crippen LogP contribution in [0.25, 0.3) is 0 Å². The highest BCUT2D eigenvalue weighted by Gasteiger charge is 2.19. The average molecular weight is 129 g/mol. The fourth-order valence-corrected chi connectivity index (χ4v) is 1.04. The van der Waals surface area contributed by atoms with Gasteiger partial charge in [-0.05, 0) is 0 Å². The molecule has 0 saturated carbocycles. The molecule has 1 aliphatic heterocycles. The molecule has 0 aromatic heterocycles. The van der Waals surface area contributed by atoms with Gasteiger partial charge >= 0.3 is 6.02 Å². The van der Waals surface area contributed by atoms with E-state index < -0.39 is 0 Å². The highest BCUT2D eigenvalue weighted by Crippen LogP contribution is 1.95. The minimum Gasteiger partial charge on any atom is -0.447 e. The number of rotatable bonds is 0. The molecule has 3 nitrogen and oxygen atoms in total. The van der Waals surface area contributed by atoms with Crippen molar-refractivity contribution in [3.8, 4) is 0 Å². The van der Waals surface area contributed by atoms with E-state index in [-0.39, 0.29) is 0 Å². The predicted molar refractivity (Wildman–Crippen MR) is 35.9 cm³/mol. The summed E-state index contributed by atoms with van der Waals surface area (Å²) in [6.07, 6.45) is 1.14. The maximum Gasteiger partial charge on any atom is 0.443 e. The Morgan fingerprint density at radius 3 is 2.78 bits per heavy atom. The van der Waals surface area contributed by atoms with Crippen LogP contribution in [0.4, 0.5) is 0 Å². The molecule has 0 aromatic carbocycles. The average Bonchev–Trinajstić information content (AvgIpc) is 1.83. The zero-order valence-electron chi connectivity index (χ0n) is 5.96. The summed E-state index contributed by atoms with van der Waals surface area (Å²) in [7, 11) is 3.79. The van der Waals surface area contributed by atoms with Crippen molar-refractivity contribution in [2.75, 3.05) is 27.2 Å². The number of hydrogen-bond donors (Lipinski definition) is 1. The summed E-state index contributed by atoms with van der Waals surface area (Å²) >= 11 is 0. The molecule has 52 valence electrons. The largest absolute Gasteiger partial charge is 0.447 e. The molecule has 0 fully saturated rings. The number of amidine groups is 1. The van der Waals surface area contributed by atoms with E-state index in [9.17, 15) is 5.11 Å². The van der Waals surface area contributed by atoms with Crippen LogP contribution >= 0.6 is 0 Å². The van der Waals surface area contributed by atoms with Gasteiger partial charge in [0.15, 0.2) is 0 Å². The lowest BCUT2D eigenvalue weighted by molar-refractivity contribution is -0.517. The first-order valence-corrected chi connectivity index (χ1v) is 3.20. The normalized spacial score (nSPS) is 20.9. The van der Waals surface area contributed by atoms with Crippen LogP contribution < -0.4 is 0 Å². The molecule has 1 heterocycles. The fourth-order valence-electron chi connectivity index (χ4n) is 1.04. The second-order valence-electron chi connectivity index (χ2n) is 2.50. The first-order chi connectivity index (χ1) is 4.22. The SMILES string of the molecule is CN1CCC[N+](C)=C1O. The second-order valence-corrected chi connectivity index (χ2v) is 2.50. The molecule has 0 aromatic rings. The lowest BCUT2D eigenvalue weighted by Gasteiger charge is -2.16. The van der Waals surface area contributed by atoms with Gasteiger partial charge in [-0.15, -0.1) is 0 Å². The van der Waals surface area contributed by atoms with E-state index in [1.807, 2.05) is 23.6 Å². The van der Waals surface area contributed by atoms with Crippen LogP contribution in [0.15, 0.2) is 0 Å². The van der Waals surface area contributed by atoms with Gasteiger partial charge in [0.2, 0.25) is 0 Å². The summed E-state index contributed by atoms with van der Waals surface area (Å²) in [6, 6.07) is 0.390. The zero-order valence-corrected chi connectivity index (χ0v) is 5.96. The Morgan fingerprint density at radius 2 is 2.33 bits per heavy atom. The molecule has 1 rings (SSSR count).